The molecule has 0 radical (unpaired) electrons. The van der Waals surface area contributed by atoms with Gasteiger partial charge in [-0.05, 0) is 12.1 Å². The number of hydrogen-bond donors (Lipinski definition) is 0. The highest BCUT2D eigenvalue weighted by molar-refractivity contribution is 5.79. The Kier molecular flexibility index (Phi) is 3.56. The van der Waals surface area contributed by atoms with Gasteiger partial charge in [0, 0.05) is 13.8 Å². The van der Waals surface area contributed by atoms with Crippen LogP contribution in [0, 0.1) is 0 Å². The van der Waals surface area contributed by atoms with Crippen LogP contribution in [0.25, 0.3) is 0 Å². The van der Waals surface area contributed by atoms with E-state index in [1.807, 2.05) is 0 Å². The van der Waals surface area contributed by atoms with Crippen LogP contribution in [0.2, 0.25) is 0 Å². The fourth-order valence-corrected chi connectivity index (χ4v) is 0.141. The summed E-state index contributed by atoms with van der Waals surface area (Å²) in [5.41, 5.74) is 0. The lowest BCUT2D eigenvalue weighted by atomic mass is 10.7. The lowest BCUT2D eigenvalue weighted by Crippen LogP contribution is -1.79. The number of amidine groups is 1. The highest BCUT2D eigenvalue weighted by Gasteiger charge is 1.76. The van der Waals surface area contributed by atoms with Crippen molar-refractivity contribution in [2.75, 3.05) is 7.05 Å². The summed E-state index contributed by atoms with van der Waals surface area (Å²) in [6.07, 6.45) is 0. The molecule has 44 valence electrons. The van der Waals surface area contributed by atoms with Crippen LogP contribution in [0.3, 0.4) is 0 Å². The molecule has 0 saturated carbocycles. The molecule has 0 saturated heterocycles. The third kappa shape index (κ3) is 3.14. The first-order valence-corrected chi connectivity index (χ1v) is 2.11. The third-order valence-corrected chi connectivity index (χ3v) is 0.576. The fourth-order valence-electron chi connectivity index (χ4n) is 0.141. The molecule has 0 aromatic carbocycles. The standard InChI is InChI=1S/C4H8N4/c1-4(5-2)7-8-6-3/h3H2,1-2H3. The maximum Gasteiger partial charge on any atom is 0.144 e. The minimum absolute atomic E-state index is 0.595. The Labute approximate surface area is 48.0 Å². The van der Waals surface area contributed by atoms with Gasteiger partial charge >= 0.3 is 0 Å². The molecule has 0 aromatic heterocycles. The van der Waals surface area contributed by atoms with Crippen molar-refractivity contribution in [1.82, 2.24) is 0 Å². The number of aliphatic imine (C=N–C) groups is 1. The van der Waals surface area contributed by atoms with Gasteiger partial charge < -0.3 is 0 Å². The summed E-state index contributed by atoms with van der Waals surface area (Å²) in [5, 5.41) is 9.91. The SMILES string of the molecule is C=NN=NC(C)=NC. The maximum absolute atomic E-state index is 3.69. The lowest BCUT2D eigenvalue weighted by Gasteiger charge is -1.79. The third-order valence-electron chi connectivity index (χ3n) is 0.576. The van der Waals surface area contributed by atoms with Crippen molar-refractivity contribution < 1.29 is 0 Å². The molecule has 0 rings (SSSR count). The first-order valence-electron chi connectivity index (χ1n) is 2.11. The van der Waals surface area contributed by atoms with E-state index in [9.17, 15) is 0 Å². The molecular formula is C4H8N4. The highest BCUT2D eigenvalue weighted by atomic mass is 15.4. The Bertz CT molecular complexity index is 124. The average Bonchev–Trinajstić information content (AvgIpc) is 1.83. The predicted octanol–water partition coefficient (Wildman–Crippen LogP) is 1.10. The van der Waals surface area contributed by atoms with Gasteiger partial charge in [-0.25, -0.2) is 0 Å². The van der Waals surface area contributed by atoms with Crippen LogP contribution in [-0.2, 0) is 0 Å². The van der Waals surface area contributed by atoms with E-state index in [2.05, 4.69) is 27.1 Å². The topological polar surface area (TPSA) is 49.4 Å². The van der Waals surface area contributed by atoms with Crippen molar-refractivity contribution in [2.24, 2.45) is 20.4 Å². The summed E-state index contributed by atoms with van der Waals surface area (Å²) < 4.78 is 0. The zero-order chi connectivity index (χ0) is 6.41. The summed E-state index contributed by atoms with van der Waals surface area (Å²) in [4.78, 5) is 3.69. The van der Waals surface area contributed by atoms with Crippen LogP contribution >= 0.6 is 0 Å². The Hall–Kier alpha value is -1.06. The van der Waals surface area contributed by atoms with Gasteiger partial charge in [0.2, 0.25) is 0 Å². The molecule has 0 heterocycles. The van der Waals surface area contributed by atoms with Crippen LogP contribution in [0.15, 0.2) is 20.4 Å². The van der Waals surface area contributed by atoms with Gasteiger partial charge in [0.15, 0.2) is 0 Å². The number of hydrogen-bond acceptors (Lipinski definition) is 2. The molecule has 0 amide bonds. The van der Waals surface area contributed by atoms with Crippen molar-refractivity contribution in [2.45, 2.75) is 6.92 Å². The van der Waals surface area contributed by atoms with E-state index in [1.54, 1.807) is 14.0 Å². The van der Waals surface area contributed by atoms with E-state index in [1.165, 1.54) is 0 Å². The summed E-state index contributed by atoms with van der Waals surface area (Å²) >= 11 is 0. The molecule has 0 fully saturated rings. The van der Waals surface area contributed by atoms with Crippen molar-refractivity contribution in [3.63, 3.8) is 0 Å². The van der Waals surface area contributed by atoms with E-state index in [-0.39, 0.29) is 0 Å². The smallest absolute Gasteiger partial charge is 0.144 e. The number of nitrogens with zero attached hydrogens (tertiary/aromatic N) is 4. The summed E-state index contributed by atoms with van der Waals surface area (Å²) in [5.74, 6) is 0.595. The molecule has 4 nitrogen and oxygen atoms in total. The first kappa shape index (κ1) is 6.94. The maximum atomic E-state index is 3.69. The minimum Gasteiger partial charge on any atom is -0.273 e. The zero-order valence-corrected chi connectivity index (χ0v) is 5.00. The van der Waals surface area contributed by atoms with Gasteiger partial charge in [0.25, 0.3) is 0 Å². The van der Waals surface area contributed by atoms with Gasteiger partial charge in [-0.1, -0.05) is 0 Å². The monoisotopic (exact) mass is 112 g/mol. The van der Waals surface area contributed by atoms with Crippen LogP contribution < -0.4 is 0 Å². The van der Waals surface area contributed by atoms with Gasteiger partial charge in [-0.2, -0.15) is 0 Å². The Balaban J connectivity index is 3.69. The second kappa shape index (κ2) is 4.11. The van der Waals surface area contributed by atoms with Gasteiger partial charge in [-0.15, -0.1) is 10.2 Å². The van der Waals surface area contributed by atoms with Crippen LogP contribution in [0.4, 0.5) is 0 Å². The molecular weight excluding hydrogens is 104 g/mol. The lowest BCUT2D eigenvalue weighted by molar-refractivity contribution is 1.08. The summed E-state index contributed by atoms with van der Waals surface area (Å²) in [6, 6.07) is 0. The van der Waals surface area contributed by atoms with Crippen LogP contribution in [0.5, 0.6) is 0 Å². The van der Waals surface area contributed by atoms with E-state index in [0.717, 1.165) is 0 Å². The molecule has 0 spiro atoms. The Morgan fingerprint density at radius 3 is 2.50 bits per heavy atom. The molecule has 8 heavy (non-hydrogen) atoms. The van der Waals surface area contributed by atoms with Crippen molar-refractivity contribution in [1.29, 1.82) is 0 Å². The Morgan fingerprint density at radius 2 is 2.12 bits per heavy atom. The largest absolute Gasteiger partial charge is 0.273 e. The molecule has 0 unspecified atom stereocenters. The van der Waals surface area contributed by atoms with Crippen LogP contribution in [0.1, 0.15) is 6.92 Å². The molecule has 0 atom stereocenters. The van der Waals surface area contributed by atoms with Gasteiger partial charge in [0.05, 0.1) is 0 Å². The second-order valence-electron chi connectivity index (χ2n) is 1.10. The van der Waals surface area contributed by atoms with Gasteiger partial charge in [0.1, 0.15) is 5.84 Å². The van der Waals surface area contributed by atoms with Crippen molar-refractivity contribution in [3.05, 3.63) is 0 Å². The first-order chi connectivity index (χ1) is 3.81. The van der Waals surface area contributed by atoms with Crippen molar-refractivity contribution >= 4 is 12.6 Å². The Morgan fingerprint density at radius 1 is 1.50 bits per heavy atom. The molecule has 0 aromatic rings. The molecule has 0 bridgehead atoms. The van der Waals surface area contributed by atoms with Crippen molar-refractivity contribution in [3.8, 4) is 0 Å². The van der Waals surface area contributed by atoms with E-state index in [4.69, 9.17) is 0 Å². The van der Waals surface area contributed by atoms with E-state index >= 15 is 0 Å². The number of rotatable bonds is 1. The predicted molar refractivity (Wildman–Crippen MR) is 33.4 cm³/mol. The van der Waals surface area contributed by atoms with Crippen LogP contribution in [-0.4, -0.2) is 19.6 Å². The second-order valence-corrected chi connectivity index (χ2v) is 1.10. The molecule has 0 aliphatic carbocycles. The molecule has 0 aliphatic heterocycles. The molecule has 4 heteroatoms. The molecule has 0 aliphatic rings. The summed E-state index contributed by atoms with van der Waals surface area (Å²) in [7, 11) is 1.64. The van der Waals surface area contributed by atoms with E-state index < -0.39 is 0 Å². The minimum atomic E-state index is 0.595. The summed E-state index contributed by atoms with van der Waals surface area (Å²) in [6.45, 7) is 4.83. The molecule has 0 N–H and O–H groups in total. The quantitative estimate of drug-likeness (QED) is 0.211. The average molecular weight is 112 g/mol. The normalized spacial score (nSPS) is 12.5. The fraction of sp³-hybridized carbons (Fsp3) is 0.500. The zero-order valence-electron chi connectivity index (χ0n) is 5.00. The highest BCUT2D eigenvalue weighted by Crippen LogP contribution is 1.78. The van der Waals surface area contributed by atoms with E-state index in [0.29, 0.717) is 5.84 Å². The van der Waals surface area contributed by atoms with Gasteiger partial charge in [-0.3, -0.25) is 4.99 Å².